The number of phosphoric acid groups is 3. The number of rotatable bonds is 8. The molecule has 0 saturated carbocycles. The van der Waals surface area contributed by atoms with E-state index >= 15 is 0 Å². The van der Waals surface area contributed by atoms with Gasteiger partial charge in [-0.15, -0.1) is 5.92 Å². The van der Waals surface area contributed by atoms with E-state index in [1.165, 1.54) is 13.8 Å². The van der Waals surface area contributed by atoms with Crippen molar-refractivity contribution in [1.82, 2.24) is 19.5 Å². The van der Waals surface area contributed by atoms with Crippen LogP contribution < -0.4 is 5.56 Å². The molecule has 2 aromatic heterocycles. The largest absolute Gasteiger partial charge is 0.490 e. The fraction of sp³-hybridized carbons (Fsp3) is 0.533. The molecule has 36 heavy (non-hydrogen) atoms. The second kappa shape index (κ2) is 9.82. The summed E-state index contributed by atoms with van der Waals surface area (Å²) in [7, 11) is -17.0. The van der Waals surface area contributed by atoms with Crippen molar-refractivity contribution in [2.45, 2.75) is 50.9 Å². The number of ether oxygens (including phenoxy) is 1. The highest BCUT2D eigenvalue weighted by atomic mass is 31.3. The van der Waals surface area contributed by atoms with Crippen molar-refractivity contribution in [3.05, 3.63) is 22.5 Å². The van der Waals surface area contributed by atoms with Crippen LogP contribution in [-0.4, -0.2) is 73.2 Å². The van der Waals surface area contributed by atoms with Gasteiger partial charge in [0, 0.05) is 0 Å². The van der Waals surface area contributed by atoms with Crippen LogP contribution in [0.1, 0.15) is 25.9 Å². The summed E-state index contributed by atoms with van der Waals surface area (Å²) in [4.78, 5) is 59.0. The third-order valence-electron chi connectivity index (χ3n) is 4.73. The Bertz CT molecular complexity index is 1420. The number of aromatic nitrogens is 4. The molecule has 0 radical (unpaired) electrons. The molecule has 1 saturated heterocycles. The summed E-state index contributed by atoms with van der Waals surface area (Å²) < 4.78 is 53.3. The van der Waals surface area contributed by atoms with Gasteiger partial charge in [-0.1, -0.05) is 5.92 Å². The molecule has 1 aliphatic heterocycles. The van der Waals surface area contributed by atoms with E-state index in [1.54, 1.807) is 0 Å². The van der Waals surface area contributed by atoms with Crippen LogP contribution in [0.3, 0.4) is 0 Å². The lowest BCUT2D eigenvalue weighted by atomic mass is 9.93. The van der Waals surface area contributed by atoms with Crippen LogP contribution in [0.2, 0.25) is 0 Å². The number of aliphatic hydroxyl groups excluding tert-OH is 1. The highest BCUT2D eigenvalue weighted by Gasteiger charge is 2.58. The van der Waals surface area contributed by atoms with Gasteiger partial charge >= 0.3 is 23.5 Å². The number of fused-ring (bicyclic) bond motifs is 1. The van der Waals surface area contributed by atoms with Gasteiger partial charge in [-0.2, -0.15) is 8.62 Å². The molecule has 0 aromatic carbocycles. The minimum absolute atomic E-state index is 0.0500. The average Bonchev–Trinajstić information content (AvgIpc) is 3.18. The third kappa shape index (κ3) is 6.01. The van der Waals surface area contributed by atoms with E-state index in [2.05, 4.69) is 39.9 Å². The third-order valence-corrected chi connectivity index (χ3v) is 8.66. The molecule has 3 unspecified atom stereocenters. The quantitative estimate of drug-likeness (QED) is 0.150. The van der Waals surface area contributed by atoms with Crippen LogP contribution in [0, 0.1) is 18.8 Å². The number of hydrogen-bond acceptors (Lipinski definition) is 12. The molecule has 3 rings (SSSR count). The van der Waals surface area contributed by atoms with Crippen LogP contribution in [0.4, 0.5) is 0 Å². The second-order valence-electron chi connectivity index (χ2n) is 7.48. The maximum atomic E-state index is 12.2. The Labute approximate surface area is 201 Å². The summed E-state index contributed by atoms with van der Waals surface area (Å²) in [5.74, 6) is 4.98. The lowest BCUT2D eigenvalue weighted by Crippen LogP contribution is -2.47. The van der Waals surface area contributed by atoms with Crippen molar-refractivity contribution >= 4 is 34.6 Å². The summed E-state index contributed by atoms with van der Waals surface area (Å²) in [5, 5.41) is 22.0. The van der Waals surface area contributed by atoms with Gasteiger partial charge in [0.25, 0.3) is 5.56 Å². The molecule has 21 heteroatoms. The van der Waals surface area contributed by atoms with Crippen molar-refractivity contribution in [2.75, 3.05) is 0 Å². The maximum Gasteiger partial charge on any atom is 0.490 e. The minimum Gasteiger partial charge on any atom is -0.386 e. The van der Waals surface area contributed by atoms with Gasteiger partial charge in [0.15, 0.2) is 23.0 Å². The van der Waals surface area contributed by atoms with Gasteiger partial charge in [-0.05, 0) is 20.8 Å². The zero-order chi connectivity index (χ0) is 27.3. The SMILES string of the molecule is CC#CC1(O)[C@@H](O)[C@@H]([C@@H](C)OP(=O)(O)OP(=O)(O)OP(=O)(O)O)O[C@H]1n1cnc2c(=O)[nH]c(C)nc21. The van der Waals surface area contributed by atoms with Gasteiger partial charge in [-0.3, -0.25) is 13.9 Å². The Balaban J connectivity index is 1.92. The number of phosphoric ester groups is 1. The zero-order valence-corrected chi connectivity index (χ0v) is 21.2. The van der Waals surface area contributed by atoms with Crippen molar-refractivity contribution < 1.29 is 61.4 Å². The molecule has 3 heterocycles. The molecule has 0 amide bonds. The van der Waals surface area contributed by atoms with Gasteiger partial charge in [0.2, 0.25) is 0 Å². The Kier molecular flexibility index (Phi) is 7.85. The lowest BCUT2D eigenvalue weighted by molar-refractivity contribution is -0.0831. The van der Waals surface area contributed by atoms with Crippen molar-refractivity contribution in [3.8, 4) is 11.8 Å². The molecule has 2 aromatic rings. The fourth-order valence-electron chi connectivity index (χ4n) is 3.48. The maximum absolute atomic E-state index is 12.2. The van der Waals surface area contributed by atoms with Crippen molar-refractivity contribution in [1.29, 1.82) is 0 Å². The number of H-pyrrole nitrogens is 1. The molecule has 0 spiro atoms. The smallest absolute Gasteiger partial charge is 0.386 e. The highest BCUT2D eigenvalue weighted by Crippen LogP contribution is 2.66. The topological polar surface area (TPSA) is 273 Å². The van der Waals surface area contributed by atoms with E-state index in [0.717, 1.165) is 17.8 Å². The molecule has 18 nitrogen and oxygen atoms in total. The molecule has 0 bridgehead atoms. The molecule has 1 fully saturated rings. The summed E-state index contributed by atoms with van der Waals surface area (Å²) in [6.45, 7) is 3.87. The Hall–Kier alpha value is -1.80. The normalized spacial score (nSPS) is 28.8. The minimum atomic E-state index is -5.79. The average molecular weight is 574 g/mol. The number of imidazole rings is 1. The molecular formula is C15H21N4O14P3. The fourth-order valence-corrected chi connectivity index (χ4v) is 6.68. The van der Waals surface area contributed by atoms with Gasteiger partial charge in [0.05, 0.1) is 12.4 Å². The Morgan fingerprint density at radius 1 is 1.22 bits per heavy atom. The lowest BCUT2D eigenvalue weighted by Gasteiger charge is -2.27. The first-order valence-corrected chi connectivity index (χ1v) is 14.2. The predicted molar refractivity (Wildman–Crippen MR) is 116 cm³/mol. The van der Waals surface area contributed by atoms with Crippen LogP contribution in [0.15, 0.2) is 11.1 Å². The highest BCUT2D eigenvalue weighted by molar-refractivity contribution is 7.66. The first kappa shape index (κ1) is 28.8. The van der Waals surface area contributed by atoms with Gasteiger partial charge in [0.1, 0.15) is 18.0 Å². The van der Waals surface area contributed by atoms with E-state index < -0.39 is 59.2 Å². The van der Waals surface area contributed by atoms with Crippen LogP contribution >= 0.6 is 23.5 Å². The Morgan fingerprint density at radius 3 is 2.44 bits per heavy atom. The van der Waals surface area contributed by atoms with Gasteiger partial charge < -0.3 is 39.5 Å². The first-order valence-electron chi connectivity index (χ1n) is 9.64. The summed E-state index contributed by atoms with van der Waals surface area (Å²) in [6.07, 6.45) is -5.80. The molecular weight excluding hydrogens is 553 g/mol. The number of nitrogens with zero attached hydrogens (tertiary/aromatic N) is 3. The van der Waals surface area contributed by atoms with E-state index in [4.69, 9.17) is 14.5 Å². The molecule has 0 aliphatic carbocycles. The summed E-state index contributed by atoms with van der Waals surface area (Å²) in [6, 6.07) is 0. The number of aliphatic hydroxyl groups is 2. The van der Waals surface area contributed by atoms with E-state index in [-0.39, 0.29) is 17.0 Å². The van der Waals surface area contributed by atoms with Crippen LogP contribution in [0.25, 0.3) is 11.2 Å². The predicted octanol–water partition coefficient (Wildman–Crippen LogP) is -0.827. The first-order chi connectivity index (χ1) is 16.4. The van der Waals surface area contributed by atoms with E-state index in [9.17, 15) is 38.5 Å². The molecule has 7 atom stereocenters. The monoisotopic (exact) mass is 574 g/mol. The summed E-state index contributed by atoms with van der Waals surface area (Å²) >= 11 is 0. The summed E-state index contributed by atoms with van der Waals surface area (Å²) in [5.41, 5.74) is -3.18. The Morgan fingerprint density at radius 2 is 1.86 bits per heavy atom. The van der Waals surface area contributed by atoms with Crippen LogP contribution in [0.5, 0.6) is 0 Å². The van der Waals surface area contributed by atoms with Crippen molar-refractivity contribution in [3.63, 3.8) is 0 Å². The number of nitrogens with one attached hydrogen (secondary N) is 1. The standard InChI is InChI=1S/C15H21N4O14P3/c1-4-5-15(22)11(20)10(7(2)31-35(26,27)33-36(28,29)32-34(23,24)25)30-14(15)19-6-16-9-12(19)17-8(3)18-13(9)21/h6-7,10-11,14,20,22H,1-3H3,(H,26,27)(H,28,29)(H,17,18,21)(H2,23,24,25)/t7-,10-,11+,14-,15?/m1/s1. The van der Waals surface area contributed by atoms with Crippen LogP contribution in [-0.2, 0) is 31.6 Å². The molecule has 7 N–H and O–H groups in total. The second-order valence-corrected chi connectivity index (χ2v) is 11.8. The van der Waals surface area contributed by atoms with E-state index in [1.807, 2.05) is 0 Å². The van der Waals surface area contributed by atoms with Crippen molar-refractivity contribution in [2.24, 2.45) is 0 Å². The zero-order valence-electron chi connectivity index (χ0n) is 18.5. The number of aromatic amines is 1. The molecule has 1 aliphatic rings. The number of hydrogen-bond donors (Lipinski definition) is 7. The van der Waals surface area contributed by atoms with E-state index in [0.29, 0.717) is 0 Å². The van der Waals surface area contributed by atoms with Gasteiger partial charge in [-0.25, -0.2) is 23.7 Å². The molecule has 200 valence electrons. The number of aryl methyl sites for hydroxylation is 1.